The first-order chi connectivity index (χ1) is 6.63. The molecular formula is C12H18O2. The van der Waals surface area contributed by atoms with Gasteiger partial charge in [-0.15, -0.1) is 0 Å². The zero-order chi connectivity index (χ0) is 10.6. The minimum absolute atomic E-state index is 0.264. The van der Waals surface area contributed by atoms with Crippen molar-refractivity contribution in [3.05, 3.63) is 23.5 Å². The number of hydrogen-bond donors (Lipinski definition) is 0. The summed E-state index contributed by atoms with van der Waals surface area (Å²) in [5.41, 5.74) is 1.36. The number of ether oxygens (including phenoxy) is 1. The first kappa shape index (κ1) is 11.0. The minimum atomic E-state index is 0.264. The lowest BCUT2D eigenvalue weighted by Gasteiger charge is -2.20. The SMILES string of the molecule is COC1=CC=C(CCC(C)=O)C(C)C1. The Hall–Kier alpha value is -1.05. The Kier molecular flexibility index (Phi) is 3.93. The monoisotopic (exact) mass is 194 g/mol. The molecule has 2 nitrogen and oxygen atoms in total. The van der Waals surface area contributed by atoms with Gasteiger partial charge in [0.1, 0.15) is 5.78 Å². The Balaban J connectivity index is 2.56. The summed E-state index contributed by atoms with van der Waals surface area (Å²) in [7, 11) is 1.70. The van der Waals surface area contributed by atoms with Crippen molar-refractivity contribution in [1.29, 1.82) is 0 Å². The Labute approximate surface area is 85.6 Å². The highest BCUT2D eigenvalue weighted by atomic mass is 16.5. The highest BCUT2D eigenvalue weighted by Gasteiger charge is 2.15. The van der Waals surface area contributed by atoms with Crippen molar-refractivity contribution in [3.63, 3.8) is 0 Å². The maximum atomic E-state index is 10.8. The topological polar surface area (TPSA) is 26.3 Å². The van der Waals surface area contributed by atoms with Crippen LogP contribution in [-0.2, 0) is 9.53 Å². The minimum Gasteiger partial charge on any atom is -0.501 e. The Bertz CT molecular complexity index is 274. The third-order valence-corrected chi connectivity index (χ3v) is 2.65. The van der Waals surface area contributed by atoms with E-state index < -0.39 is 0 Å². The van der Waals surface area contributed by atoms with E-state index in [0.29, 0.717) is 12.3 Å². The van der Waals surface area contributed by atoms with Crippen LogP contribution in [0.15, 0.2) is 23.5 Å². The molecule has 1 aliphatic rings. The van der Waals surface area contributed by atoms with Gasteiger partial charge in [0.05, 0.1) is 12.9 Å². The van der Waals surface area contributed by atoms with Crippen LogP contribution >= 0.6 is 0 Å². The van der Waals surface area contributed by atoms with Crippen molar-refractivity contribution in [3.8, 4) is 0 Å². The molecule has 0 N–H and O–H groups in total. The van der Waals surface area contributed by atoms with Gasteiger partial charge in [-0.25, -0.2) is 0 Å². The first-order valence-corrected chi connectivity index (χ1v) is 5.06. The molecule has 0 heterocycles. The molecule has 0 saturated carbocycles. The van der Waals surface area contributed by atoms with E-state index in [1.165, 1.54) is 5.57 Å². The van der Waals surface area contributed by atoms with Crippen LogP contribution in [0.4, 0.5) is 0 Å². The van der Waals surface area contributed by atoms with Gasteiger partial charge in [0, 0.05) is 12.8 Å². The van der Waals surface area contributed by atoms with Gasteiger partial charge in [0.15, 0.2) is 0 Å². The molecule has 0 amide bonds. The number of allylic oxidation sites excluding steroid dienone is 4. The first-order valence-electron chi connectivity index (χ1n) is 5.06. The molecule has 1 rings (SSSR count). The van der Waals surface area contributed by atoms with Crippen LogP contribution in [0.3, 0.4) is 0 Å². The Morgan fingerprint density at radius 3 is 2.79 bits per heavy atom. The average molecular weight is 194 g/mol. The third kappa shape index (κ3) is 3.02. The number of hydrogen-bond acceptors (Lipinski definition) is 2. The fraction of sp³-hybridized carbons (Fsp3) is 0.583. The highest BCUT2D eigenvalue weighted by molar-refractivity contribution is 5.75. The van der Waals surface area contributed by atoms with Gasteiger partial charge in [0.25, 0.3) is 0 Å². The summed E-state index contributed by atoms with van der Waals surface area (Å²) in [6.45, 7) is 3.82. The predicted molar refractivity (Wildman–Crippen MR) is 56.9 cm³/mol. The van der Waals surface area contributed by atoms with Gasteiger partial charge in [-0.1, -0.05) is 18.6 Å². The molecule has 2 heteroatoms. The van der Waals surface area contributed by atoms with E-state index in [1.807, 2.05) is 6.08 Å². The van der Waals surface area contributed by atoms with Crippen LogP contribution in [0.2, 0.25) is 0 Å². The quantitative estimate of drug-likeness (QED) is 0.688. The van der Waals surface area contributed by atoms with Gasteiger partial charge >= 0.3 is 0 Å². The maximum Gasteiger partial charge on any atom is 0.130 e. The lowest BCUT2D eigenvalue weighted by Crippen LogP contribution is -2.07. The molecular weight excluding hydrogens is 176 g/mol. The molecule has 0 radical (unpaired) electrons. The normalized spacial score (nSPS) is 21.2. The Morgan fingerprint density at radius 1 is 1.57 bits per heavy atom. The van der Waals surface area contributed by atoms with Crippen LogP contribution in [-0.4, -0.2) is 12.9 Å². The van der Waals surface area contributed by atoms with E-state index in [-0.39, 0.29) is 5.78 Å². The fourth-order valence-corrected chi connectivity index (χ4v) is 1.67. The van der Waals surface area contributed by atoms with E-state index in [4.69, 9.17) is 4.74 Å². The van der Waals surface area contributed by atoms with Gasteiger partial charge in [-0.2, -0.15) is 0 Å². The summed E-state index contributed by atoms with van der Waals surface area (Å²) >= 11 is 0. The van der Waals surface area contributed by atoms with E-state index >= 15 is 0 Å². The molecule has 0 fully saturated rings. The fourth-order valence-electron chi connectivity index (χ4n) is 1.67. The van der Waals surface area contributed by atoms with Crippen molar-refractivity contribution in [2.75, 3.05) is 7.11 Å². The summed E-state index contributed by atoms with van der Waals surface area (Å²) in [4.78, 5) is 10.8. The van der Waals surface area contributed by atoms with E-state index in [1.54, 1.807) is 14.0 Å². The molecule has 0 aromatic rings. The third-order valence-electron chi connectivity index (χ3n) is 2.65. The van der Waals surface area contributed by atoms with E-state index in [2.05, 4.69) is 13.0 Å². The number of ketones is 1. The second-order valence-electron chi connectivity index (χ2n) is 3.89. The van der Waals surface area contributed by atoms with Crippen LogP contribution < -0.4 is 0 Å². The smallest absolute Gasteiger partial charge is 0.130 e. The zero-order valence-electron chi connectivity index (χ0n) is 9.17. The van der Waals surface area contributed by atoms with Gasteiger partial charge in [-0.3, -0.25) is 0 Å². The molecule has 1 unspecified atom stereocenters. The largest absolute Gasteiger partial charge is 0.501 e. The molecule has 0 saturated heterocycles. The summed E-state index contributed by atoms with van der Waals surface area (Å²) in [6.07, 6.45) is 6.61. The van der Waals surface area contributed by atoms with Crippen LogP contribution in [0, 0.1) is 5.92 Å². The Morgan fingerprint density at radius 2 is 2.29 bits per heavy atom. The molecule has 1 atom stereocenters. The lowest BCUT2D eigenvalue weighted by atomic mass is 9.89. The van der Waals surface area contributed by atoms with Gasteiger partial charge in [0.2, 0.25) is 0 Å². The van der Waals surface area contributed by atoms with Gasteiger partial charge < -0.3 is 9.53 Å². The second-order valence-corrected chi connectivity index (χ2v) is 3.89. The van der Waals surface area contributed by atoms with Crippen molar-refractivity contribution in [1.82, 2.24) is 0 Å². The standard InChI is InChI=1S/C12H18O2/c1-9-8-12(14-3)7-6-11(9)5-4-10(2)13/h6-7,9H,4-5,8H2,1-3H3. The number of Topliss-reactive ketones (excluding diaryl/α,β-unsaturated/α-hetero) is 1. The van der Waals surface area contributed by atoms with Gasteiger partial charge in [-0.05, 0) is 25.3 Å². The summed E-state index contributed by atoms with van der Waals surface area (Å²) in [5, 5.41) is 0. The average Bonchev–Trinajstić information content (AvgIpc) is 2.15. The molecule has 1 aliphatic carbocycles. The molecule has 0 aromatic heterocycles. The molecule has 14 heavy (non-hydrogen) atoms. The van der Waals surface area contributed by atoms with E-state index in [9.17, 15) is 4.79 Å². The van der Waals surface area contributed by atoms with Crippen molar-refractivity contribution in [2.45, 2.75) is 33.1 Å². The van der Waals surface area contributed by atoms with Crippen LogP contribution in [0.5, 0.6) is 0 Å². The lowest BCUT2D eigenvalue weighted by molar-refractivity contribution is -0.117. The molecule has 0 spiro atoms. The predicted octanol–water partition coefficient (Wildman–Crippen LogP) is 2.85. The highest BCUT2D eigenvalue weighted by Crippen LogP contribution is 2.27. The van der Waals surface area contributed by atoms with Crippen LogP contribution in [0.1, 0.15) is 33.1 Å². The van der Waals surface area contributed by atoms with Crippen LogP contribution in [0.25, 0.3) is 0 Å². The molecule has 78 valence electrons. The molecule has 0 aliphatic heterocycles. The molecule has 0 aromatic carbocycles. The number of carbonyl (C=O) groups is 1. The summed E-state index contributed by atoms with van der Waals surface area (Å²) in [6, 6.07) is 0. The number of carbonyl (C=O) groups excluding carboxylic acids is 1. The zero-order valence-corrected chi connectivity index (χ0v) is 9.17. The second kappa shape index (κ2) is 4.99. The van der Waals surface area contributed by atoms with Crippen molar-refractivity contribution < 1.29 is 9.53 Å². The van der Waals surface area contributed by atoms with E-state index in [0.717, 1.165) is 18.6 Å². The number of rotatable bonds is 4. The number of methoxy groups -OCH3 is 1. The molecule has 0 bridgehead atoms. The maximum absolute atomic E-state index is 10.8. The van der Waals surface area contributed by atoms with Crippen molar-refractivity contribution >= 4 is 5.78 Å². The summed E-state index contributed by atoms with van der Waals surface area (Å²) in [5.74, 6) is 1.80. The summed E-state index contributed by atoms with van der Waals surface area (Å²) < 4.78 is 5.19. The van der Waals surface area contributed by atoms with Crippen molar-refractivity contribution in [2.24, 2.45) is 5.92 Å².